The van der Waals surface area contributed by atoms with E-state index >= 15 is 0 Å². The molecule has 0 radical (unpaired) electrons. The Hall–Kier alpha value is -1.80. The van der Waals surface area contributed by atoms with Crippen molar-refractivity contribution in [2.45, 2.75) is 331 Å². The van der Waals surface area contributed by atoms with E-state index in [9.17, 15) is 31.4 Å². The van der Waals surface area contributed by atoms with Gasteiger partial charge in [0.2, 0.25) is 0 Å². The summed E-state index contributed by atoms with van der Waals surface area (Å²) >= 11 is 0. The molecule has 0 bridgehead atoms. The van der Waals surface area contributed by atoms with Gasteiger partial charge in [-0.25, -0.2) is 0 Å². The van der Waals surface area contributed by atoms with E-state index in [2.05, 4.69) is 249 Å². The lowest BCUT2D eigenvalue weighted by atomic mass is 9.79. The molecule has 1 aromatic rings. The van der Waals surface area contributed by atoms with Gasteiger partial charge in [-0.1, -0.05) is 284 Å². The Labute approximate surface area is 511 Å². The summed E-state index contributed by atoms with van der Waals surface area (Å²) in [6.45, 7) is 87.8. The second-order valence-electron chi connectivity index (χ2n) is 35.5. The molecule has 1 aromatic carbocycles. The van der Waals surface area contributed by atoms with Gasteiger partial charge in [-0.15, -0.1) is 0 Å². The molecule has 82 heavy (non-hydrogen) atoms. The van der Waals surface area contributed by atoms with E-state index in [1.807, 2.05) is 34.6 Å². The molecule has 3 rings (SSSR count). The van der Waals surface area contributed by atoms with Crippen LogP contribution in [0.25, 0.3) is 0 Å². The molecule has 8 heteroatoms. The highest BCUT2D eigenvalue weighted by atomic mass is 19.4. The van der Waals surface area contributed by atoms with Crippen molar-refractivity contribution >= 4 is 0 Å². The van der Waals surface area contributed by atoms with Gasteiger partial charge in [0.05, 0.1) is 11.5 Å². The van der Waals surface area contributed by atoms with Crippen LogP contribution in [0.15, 0.2) is 54.6 Å². The molecule has 0 saturated heterocycles. The van der Waals surface area contributed by atoms with Crippen molar-refractivity contribution in [3.8, 4) is 0 Å². The van der Waals surface area contributed by atoms with E-state index in [-0.39, 0.29) is 5.41 Å². The highest BCUT2D eigenvalue weighted by molar-refractivity contribution is 5.22. The number of benzene rings is 1. The van der Waals surface area contributed by atoms with Crippen LogP contribution >= 0.6 is 0 Å². The third kappa shape index (κ3) is 52.5. The molecule has 0 aliphatic heterocycles. The fourth-order valence-corrected chi connectivity index (χ4v) is 4.35. The Morgan fingerprint density at radius 2 is 0.866 bits per heavy atom. The first-order chi connectivity index (χ1) is 35.0. The number of hydrogen-bond acceptors (Lipinski definition) is 2. The van der Waals surface area contributed by atoms with Gasteiger partial charge < -0.3 is 10.0 Å². The first kappa shape index (κ1) is 93.9. The number of halogens is 6. The third-order valence-electron chi connectivity index (χ3n) is 17.6. The zero-order chi connectivity index (χ0) is 68.7. The van der Waals surface area contributed by atoms with Crippen LogP contribution in [0.1, 0.15) is 308 Å². The first-order valence-electron chi connectivity index (χ1n) is 31.0. The van der Waals surface area contributed by atoms with Crippen molar-refractivity contribution in [2.24, 2.45) is 72.4 Å². The molecule has 2 unspecified atom stereocenters. The van der Waals surface area contributed by atoms with E-state index in [0.717, 1.165) is 17.8 Å². The smallest absolute Gasteiger partial charge is 0.390 e. The van der Waals surface area contributed by atoms with Gasteiger partial charge in [-0.2, -0.15) is 26.3 Å². The van der Waals surface area contributed by atoms with Gasteiger partial charge in [0.1, 0.15) is 0 Å². The van der Waals surface area contributed by atoms with E-state index in [1.165, 1.54) is 70.9 Å². The second kappa shape index (κ2) is 35.9. The summed E-state index contributed by atoms with van der Waals surface area (Å²) < 4.78 is 71.4. The van der Waals surface area contributed by atoms with Crippen LogP contribution in [0, 0.1) is 72.4 Å². The lowest BCUT2D eigenvalue weighted by Gasteiger charge is -2.33. The molecule has 496 valence electrons. The molecule has 1 N–H and O–H groups in total. The SMILES string of the molecule is C=C(C(C)(C)C)C(F)(F)F.C=C(C)C(C)(C)C.CC(C(C)(C)C)C(F)(F)F.CC(C)(C)C(C)(C)O.CC(C)(C)C1(C)CC1.CC(C)(C)C1CC1.CC(C)(C)c1ccccc1.CC(C)C(C)(C)C.CCC(C)C(C)(C)C.CN(C)C(C)(C)C. The Bertz CT molecular complexity index is 1680. The maximum absolute atomic E-state index is 11.9. The lowest BCUT2D eigenvalue weighted by molar-refractivity contribution is -0.194. The van der Waals surface area contributed by atoms with Gasteiger partial charge in [0.25, 0.3) is 0 Å². The van der Waals surface area contributed by atoms with Gasteiger partial charge in [0, 0.05) is 11.1 Å². The molecular weight excluding hydrogens is 1030 g/mol. The van der Waals surface area contributed by atoms with Crippen LogP contribution in [0.4, 0.5) is 26.3 Å². The normalized spacial score (nSPS) is 15.7. The average Bonchev–Trinajstić information content (AvgIpc) is 4.15. The number of aliphatic hydroxyl groups is 1. The largest absolute Gasteiger partial charge is 0.412 e. The summed E-state index contributed by atoms with van der Waals surface area (Å²) in [6, 6.07) is 10.6. The molecule has 2 fully saturated rings. The van der Waals surface area contributed by atoms with Crippen LogP contribution in [-0.4, -0.2) is 47.6 Å². The van der Waals surface area contributed by atoms with Crippen LogP contribution in [-0.2, 0) is 5.41 Å². The number of nitrogens with zero attached hydrogens (tertiary/aromatic N) is 1. The molecule has 0 amide bonds. The zero-order valence-electron chi connectivity index (χ0n) is 62.8. The summed E-state index contributed by atoms with van der Waals surface area (Å²) in [5.41, 5.74) is 3.62. The van der Waals surface area contributed by atoms with Gasteiger partial charge >= 0.3 is 12.4 Å². The van der Waals surface area contributed by atoms with Crippen molar-refractivity contribution in [3.63, 3.8) is 0 Å². The minimum Gasteiger partial charge on any atom is -0.390 e. The monoisotopic (exact) mass is 1180 g/mol. The molecule has 2 aliphatic carbocycles. The molecule has 0 heterocycles. The lowest BCUT2D eigenvalue weighted by Crippen LogP contribution is -2.35. The Kier molecular flexibility index (Phi) is 41.1. The van der Waals surface area contributed by atoms with Gasteiger partial charge in [-0.3, -0.25) is 0 Å². The summed E-state index contributed by atoms with van der Waals surface area (Å²) in [7, 11) is 4.17. The Morgan fingerprint density at radius 3 is 0.902 bits per heavy atom. The average molecular weight is 1180 g/mol. The highest BCUT2D eigenvalue weighted by Gasteiger charge is 2.47. The predicted octanol–water partition coefficient (Wildman–Crippen LogP) is 26.2. The molecule has 0 aromatic heterocycles. The van der Waals surface area contributed by atoms with Crippen molar-refractivity contribution < 1.29 is 31.4 Å². The van der Waals surface area contributed by atoms with E-state index in [0.29, 0.717) is 43.4 Å². The minimum atomic E-state index is -4.25. The number of hydrogen-bond donors (Lipinski definition) is 1. The minimum absolute atomic E-state index is 0.00694. The molecule has 2 atom stereocenters. The fraction of sp³-hybridized carbons (Fsp3) is 0.865. The van der Waals surface area contributed by atoms with Crippen molar-refractivity contribution in [3.05, 3.63) is 60.2 Å². The zero-order valence-corrected chi connectivity index (χ0v) is 62.8. The molecule has 2 aliphatic rings. The van der Waals surface area contributed by atoms with Crippen LogP contribution in [0.5, 0.6) is 0 Å². The standard InChI is InChI=1S/C10H14.C8H16.C8H18.C7H13F3.C7H11F3.C7H16O.C7H14.C7H16.C7H14.C6H15N/c1-10(2,3)9-7-5-4-6-8-9;1-7(2,3)8(4)5-6-8;1-6-7(2)8(3,4)5;2*1-5(6(2,3)4)7(8,9)10;1-6(2,3)7(4,5)8;1-7(2,3)6-4-5-6;2*1-6(2)7(3,4)5;1-6(2,3)7(4)5/h4-8H,1-3H3;5-6H2,1-4H3;7H,6H2,1-5H3;5H,1-4H3;1H2,2-4H3;8H,1-5H3;6H,4-5H2,1-3H3;6H,1-5H3;1H2,2-5H3;1-5H3. The number of alkyl halides is 6. The van der Waals surface area contributed by atoms with Crippen LogP contribution in [0.3, 0.4) is 0 Å². The van der Waals surface area contributed by atoms with Crippen LogP contribution < -0.4 is 0 Å². The quantitative estimate of drug-likeness (QED) is 0.224. The second-order valence-corrected chi connectivity index (χ2v) is 35.5. The fourth-order valence-electron chi connectivity index (χ4n) is 4.35. The van der Waals surface area contributed by atoms with E-state index < -0.39 is 40.3 Å². The third-order valence-corrected chi connectivity index (χ3v) is 17.6. The topological polar surface area (TPSA) is 23.5 Å². The molecule has 2 nitrogen and oxygen atoms in total. The first-order valence-corrected chi connectivity index (χ1v) is 31.0. The highest BCUT2D eigenvalue weighted by Crippen LogP contribution is 2.57. The summed E-state index contributed by atoms with van der Waals surface area (Å²) in [5.74, 6) is 1.46. The predicted molar refractivity (Wildman–Crippen MR) is 360 cm³/mol. The molecular formula is C74H147F6NO. The maximum Gasteiger partial charge on any atom is 0.412 e. The van der Waals surface area contributed by atoms with Crippen LogP contribution in [0.2, 0.25) is 0 Å². The summed E-state index contributed by atoms with van der Waals surface area (Å²) in [5, 5.41) is 9.35. The summed E-state index contributed by atoms with van der Waals surface area (Å²) in [6.07, 6.45) is -1.18. The van der Waals surface area contributed by atoms with Gasteiger partial charge in [-0.05, 0) is 159 Å². The van der Waals surface area contributed by atoms with E-state index in [4.69, 9.17) is 0 Å². The van der Waals surface area contributed by atoms with E-state index in [1.54, 1.807) is 20.8 Å². The Balaban J connectivity index is -0.000000153. The van der Waals surface area contributed by atoms with Gasteiger partial charge in [0.15, 0.2) is 0 Å². The number of rotatable bonds is 1. The summed E-state index contributed by atoms with van der Waals surface area (Å²) in [4.78, 5) is 2.19. The maximum atomic E-state index is 11.9. The number of allylic oxidation sites excluding steroid dienone is 2. The van der Waals surface area contributed by atoms with Crippen molar-refractivity contribution in [2.75, 3.05) is 14.1 Å². The van der Waals surface area contributed by atoms with Crippen molar-refractivity contribution in [1.82, 2.24) is 4.90 Å². The Morgan fingerprint density at radius 1 is 0.573 bits per heavy atom. The van der Waals surface area contributed by atoms with Crippen molar-refractivity contribution in [1.29, 1.82) is 0 Å². The molecule has 0 spiro atoms. The molecule has 2 saturated carbocycles.